The number of nitrogens with one attached hydrogen (secondary N) is 1. The number of likely N-dealkylation sites (tertiary alicyclic amines) is 1. The van der Waals surface area contributed by atoms with Crippen LogP contribution in [0.15, 0.2) is 41.3 Å². The molecule has 12 nitrogen and oxygen atoms in total. The summed E-state index contributed by atoms with van der Waals surface area (Å²) in [4.78, 5) is 75.5. The predicted octanol–water partition coefficient (Wildman–Crippen LogP) is 3.19. The fourth-order valence-electron chi connectivity index (χ4n) is 6.80. The molecule has 3 amide bonds. The van der Waals surface area contributed by atoms with E-state index in [0.717, 1.165) is 36.2 Å². The van der Waals surface area contributed by atoms with Gasteiger partial charge in [-0.2, -0.15) is 5.10 Å². The Morgan fingerprint density at radius 3 is 2.62 bits per heavy atom. The average Bonchev–Trinajstić information content (AvgIpc) is 3.76. The first-order valence-electron chi connectivity index (χ1n) is 15.1. The second-order valence-electron chi connectivity index (χ2n) is 12.2. The lowest BCUT2D eigenvalue weighted by Crippen LogP contribution is -2.56. The minimum absolute atomic E-state index is 0.00686. The molecule has 3 saturated heterocycles. The summed E-state index contributed by atoms with van der Waals surface area (Å²) >= 11 is 1.13. The molecule has 0 spiro atoms. The lowest BCUT2D eigenvalue weighted by Gasteiger charge is -2.36. The molecule has 6 rings (SSSR count). The van der Waals surface area contributed by atoms with Gasteiger partial charge in [-0.3, -0.25) is 23.7 Å². The molecule has 0 aliphatic carbocycles. The highest BCUT2D eigenvalue weighted by Crippen LogP contribution is 2.53. The highest BCUT2D eigenvalue weighted by atomic mass is 32.1. The molecule has 3 aromatic rings. The van der Waals surface area contributed by atoms with Crippen molar-refractivity contribution < 1.29 is 33.1 Å². The average molecular weight is 660 g/mol. The van der Waals surface area contributed by atoms with E-state index in [1.54, 1.807) is 29.1 Å². The molecule has 45 heavy (non-hydrogen) atoms. The van der Waals surface area contributed by atoms with Crippen LogP contribution in [0.25, 0.3) is 10.1 Å². The van der Waals surface area contributed by atoms with Crippen LogP contribution in [0.1, 0.15) is 77.6 Å². The Kier molecular flexibility index (Phi) is 8.68. The van der Waals surface area contributed by atoms with Crippen LogP contribution in [0, 0.1) is 0 Å². The van der Waals surface area contributed by atoms with Gasteiger partial charge in [-0.15, -0.1) is 11.3 Å². The molecule has 1 aromatic carbocycles. The van der Waals surface area contributed by atoms with Gasteiger partial charge in [-0.25, -0.2) is 9.07 Å². The Labute approximate surface area is 262 Å². The predicted molar refractivity (Wildman–Crippen MR) is 165 cm³/mol. The summed E-state index contributed by atoms with van der Waals surface area (Å²) < 4.78 is 27.5. The number of aromatic nitrogens is 2. The number of hydrogen-bond donors (Lipinski definition) is 3. The Balaban J connectivity index is 1.16. The molecule has 2 unspecified atom stereocenters. The number of fused-ring (bicyclic) bond motifs is 2. The SMILES string of the molecule is Cn1ncc(C2CCN(C(=O)[C@@H]3CC[C@@H]4CCCC[C@H](NC(=O)c5cc6cc(C(F)P(=O)(O)O)ccc6s5)C(=O)N43)C2)cc1=O. The summed E-state index contributed by atoms with van der Waals surface area (Å²) in [6.45, 7) is 0.967. The van der Waals surface area contributed by atoms with Crippen molar-refractivity contribution in [3.63, 3.8) is 0 Å². The number of halogens is 1. The summed E-state index contributed by atoms with van der Waals surface area (Å²) in [6.07, 6.45) is 6.45. The van der Waals surface area contributed by atoms with Gasteiger partial charge in [0.25, 0.3) is 11.5 Å². The van der Waals surface area contributed by atoms with E-state index < -0.39 is 31.5 Å². The summed E-state index contributed by atoms with van der Waals surface area (Å²) in [5.41, 5.74) is 0.413. The molecule has 3 aliphatic rings. The zero-order valence-corrected chi connectivity index (χ0v) is 26.4. The van der Waals surface area contributed by atoms with Gasteiger partial charge in [0.1, 0.15) is 12.1 Å². The van der Waals surface area contributed by atoms with E-state index in [0.29, 0.717) is 48.9 Å². The van der Waals surface area contributed by atoms with Crippen LogP contribution in [-0.2, 0) is 21.2 Å². The topological polar surface area (TPSA) is 162 Å². The van der Waals surface area contributed by atoms with Crippen LogP contribution in [0.4, 0.5) is 4.39 Å². The lowest BCUT2D eigenvalue weighted by atomic mass is 9.99. The van der Waals surface area contributed by atoms with Crippen LogP contribution in [-0.4, -0.2) is 78.3 Å². The number of alkyl halides is 1. The fraction of sp³-hybridized carbons (Fsp3) is 0.500. The first kappa shape index (κ1) is 31.5. The van der Waals surface area contributed by atoms with Crippen LogP contribution in [0.5, 0.6) is 0 Å². The van der Waals surface area contributed by atoms with Crippen LogP contribution < -0.4 is 10.9 Å². The number of carbonyl (C=O) groups is 3. The molecule has 15 heteroatoms. The molecule has 5 atom stereocenters. The van der Waals surface area contributed by atoms with Gasteiger partial charge in [-0.05, 0) is 66.8 Å². The van der Waals surface area contributed by atoms with Crippen molar-refractivity contribution in [2.24, 2.45) is 7.05 Å². The maximum absolute atomic E-state index is 14.3. The third-order valence-electron chi connectivity index (χ3n) is 9.22. The van der Waals surface area contributed by atoms with Crippen molar-refractivity contribution in [3.05, 3.63) is 62.9 Å². The summed E-state index contributed by atoms with van der Waals surface area (Å²) in [5.74, 6) is -3.34. The number of carbonyl (C=O) groups excluding carboxylic acids is 3. The second kappa shape index (κ2) is 12.4. The van der Waals surface area contributed by atoms with E-state index in [1.165, 1.54) is 28.9 Å². The molecule has 0 bridgehead atoms. The largest absolute Gasteiger partial charge is 0.363 e. The molecule has 3 fully saturated rings. The molecule has 0 saturated carbocycles. The summed E-state index contributed by atoms with van der Waals surface area (Å²) in [5, 5.41) is 7.45. The molecule has 2 aromatic heterocycles. The minimum atomic E-state index is -4.98. The van der Waals surface area contributed by atoms with E-state index in [1.807, 2.05) is 0 Å². The number of aryl methyl sites for hydroxylation is 1. The van der Waals surface area contributed by atoms with Gasteiger partial charge < -0.3 is 24.9 Å². The standard InChI is InChI=1S/C30H35FN5O7PS/c1-34-26(37)14-20(15-32-34)18-10-11-35(16-18)30(40)23-8-7-21-4-2-3-5-22(29(39)36(21)23)33-28(38)25-13-19-12-17(6-9-24(19)45-25)27(31)44(41,42)43/h6,9,12-15,18,21-23,27H,2-5,7-8,10-11,16H2,1H3,(H,33,38)(H2,41,42,43)/t18?,21-,22-,23-,27?/m0/s1. The van der Waals surface area contributed by atoms with Gasteiger partial charge in [0, 0.05) is 42.9 Å². The zero-order chi connectivity index (χ0) is 32.0. The van der Waals surface area contributed by atoms with Crippen LogP contribution >= 0.6 is 18.9 Å². The quantitative estimate of drug-likeness (QED) is 0.340. The van der Waals surface area contributed by atoms with E-state index in [-0.39, 0.29) is 39.8 Å². The van der Waals surface area contributed by atoms with Crippen molar-refractivity contribution in [3.8, 4) is 0 Å². The van der Waals surface area contributed by atoms with Crippen LogP contribution in [0.3, 0.4) is 0 Å². The van der Waals surface area contributed by atoms with Crippen molar-refractivity contribution in [1.29, 1.82) is 0 Å². The van der Waals surface area contributed by atoms with E-state index in [9.17, 15) is 37.9 Å². The molecule has 5 heterocycles. The second-order valence-corrected chi connectivity index (χ2v) is 14.9. The highest BCUT2D eigenvalue weighted by Gasteiger charge is 2.46. The van der Waals surface area contributed by atoms with Crippen molar-refractivity contribution in [2.75, 3.05) is 13.1 Å². The molecular weight excluding hydrogens is 624 g/mol. The fourth-order valence-corrected chi connectivity index (χ4v) is 8.30. The number of hydrogen-bond acceptors (Lipinski definition) is 7. The van der Waals surface area contributed by atoms with Gasteiger partial charge in [0.2, 0.25) is 17.7 Å². The highest BCUT2D eigenvalue weighted by molar-refractivity contribution is 7.51. The molecular formula is C30H35FN5O7PS. The number of rotatable bonds is 6. The van der Waals surface area contributed by atoms with Gasteiger partial charge in [-0.1, -0.05) is 18.9 Å². The maximum atomic E-state index is 14.3. The van der Waals surface area contributed by atoms with Crippen molar-refractivity contribution in [1.82, 2.24) is 24.9 Å². The monoisotopic (exact) mass is 659 g/mol. The minimum Gasteiger partial charge on any atom is -0.340 e. The third kappa shape index (κ3) is 6.33. The number of nitrogens with zero attached hydrogens (tertiary/aromatic N) is 4. The zero-order valence-electron chi connectivity index (χ0n) is 24.7. The molecule has 0 radical (unpaired) electrons. The van der Waals surface area contributed by atoms with Gasteiger partial charge >= 0.3 is 7.60 Å². The smallest absolute Gasteiger partial charge is 0.340 e. The molecule has 240 valence electrons. The number of thiophene rings is 1. The van der Waals surface area contributed by atoms with Gasteiger partial charge in [0.05, 0.1) is 11.1 Å². The van der Waals surface area contributed by atoms with E-state index in [2.05, 4.69) is 10.4 Å². The Morgan fingerprint density at radius 2 is 1.87 bits per heavy atom. The Bertz CT molecular complexity index is 1760. The third-order valence-corrected chi connectivity index (χ3v) is 11.2. The van der Waals surface area contributed by atoms with Crippen molar-refractivity contribution >= 4 is 46.7 Å². The van der Waals surface area contributed by atoms with E-state index >= 15 is 0 Å². The van der Waals surface area contributed by atoms with Gasteiger partial charge in [0.15, 0.2) is 0 Å². The Hall–Kier alpha value is -3.45. The van der Waals surface area contributed by atoms with Crippen LogP contribution in [0.2, 0.25) is 0 Å². The maximum Gasteiger partial charge on any atom is 0.363 e. The first-order valence-corrected chi connectivity index (χ1v) is 17.6. The van der Waals surface area contributed by atoms with Crippen molar-refractivity contribution in [2.45, 2.75) is 74.9 Å². The lowest BCUT2D eigenvalue weighted by molar-refractivity contribution is -0.146. The van der Waals surface area contributed by atoms with E-state index in [4.69, 9.17) is 0 Å². The molecule has 3 N–H and O–H groups in total. The summed E-state index contributed by atoms with van der Waals surface area (Å²) in [6, 6.07) is 5.66. The molecule has 3 aliphatic heterocycles. The Morgan fingerprint density at radius 1 is 1.09 bits per heavy atom. The summed E-state index contributed by atoms with van der Waals surface area (Å²) in [7, 11) is -3.40. The number of amides is 3. The first-order chi connectivity index (χ1) is 21.4. The number of benzene rings is 1. The normalized spacial score (nSPS) is 24.8.